The lowest BCUT2D eigenvalue weighted by Gasteiger charge is -2.25. The molecule has 0 fully saturated rings. The Morgan fingerprint density at radius 3 is 1.71 bits per heavy atom. The Morgan fingerprint density at radius 2 is 1.04 bits per heavy atom. The lowest BCUT2D eigenvalue weighted by Crippen LogP contribution is -2.21. The van der Waals surface area contributed by atoms with Crippen LogP contribution in [-0.4, -0.2) is 23.6 Å². The van der Waals surface area contributed by atoms with Gasteiger partial charge in [0.1, 0.15) is 23.0 Å². The van der Waals surface area contributed by atoms with Crippen LogP contribution in [0.5, 0.6) is 23.0 Å². The molecule has 6 aromatic carbocycles. The van der Waals surface area contributed by atoms with E-state index in [-0.39, 0.29) is 0 Å². The predicted octanol–water partition coefficient (Wildman–Crippen LogP) is 11.7. The molecule has 2 heterocycles. The Balaban J connectivity index is 1.01. The van der Waals surface area contributed by atoms with Gasteiger partial charge in [0.2, 0.25) is 0 Å². The fourth-order valence-corrected chi connectivity index (χ4v) is 6.21. The molecule has 0 atom stereocenters. The lowest BCUT2D eigenvalue weighted by molar-refractivity contribution is 0.481. The second-order valence-corrected chi connectivity index (χ2v) is 12.4. The van der Waals surface area contributed by atoms with E-state index in [1.807, 2.05) is 79.0 Å². The molecule has 0 unspecified atom stereocenters. The van der Waals surface area contributed by atoms with Crippen molar-refractivity contribution < 1.29 is 9.47 Å². The number of benzene rings is 6. The quantitative estimate of drug-likeness (QED) is 0.145. The zero-order valence-corrected chi connectivity index (χ0v) is 28.2. The zero-order chi connectivity index (χ0) is 34.4. The standard InChI is InChI=1S/C45H36N4O2/c1-47-26-27-48(33-47)39-18-10-22-43(31-39)51-42-21-9-13-36(29-42)45-30-35(24-25-46-45)34-12-8-20-41(28-34)50-44-23-11-19-40(32-44)49(37-14-4-2-5-15-37)38-16-6-3-7-17-38/h2-32H,33H2,1H3. The number of pyridine rings is 1. The van der Waals surface area contributed by atoms with Gasteiger partial charge in [-0.3, -0.25) is 4.98 Å². The Hall–Kier alpha value is -6.79. The summed E-state index contributed by atoms with van der Waals surface area (Å²) in [5, 5.41) is 0. The van der Waals surface area contributed by atoms with E-state index in [9.17, 15) is 0 Å². The Labute approximate surface area is 298 Å². The average molecular weight is 665 g/mol. The Bertz CT molecular complexity index is 2250. The van der Waals surface area contributed by atoms with E-state index in [2.05, 4.69) is 131 Å². The summed E-state index contributed by atoms with van der Waals surface area (Å²) in [6.07, 6.45) is 5.98. The molecule has 0 radical (unpaired) electrons. The molecule has 1 aliphatic heterocycles. The summed E-state index contributed by atoms with van der Waals surface area (Å²) in [5.74, 6) is 3.04. The first-order chi connectivity index (χ1) is 25.1. The number of aromatic nitrogens is 1. The number of para-hydroxylation sites is 2. The van der Waals surface area contributed by atoms with E-state index in [1.165, 1.54) is 0 Å². The van der Waals surface area contributed by atoms with Gasteiger partial charge in [-0.05, 0) is 96.1 Å². The van der Waals surface area contributed by atoms with Crippen LogP contribution in [0.15, 0.2) is 188 Å². The SMILES string of the molecule is CN1C=CN(c2cccc(Oc3cccc(-c4cc(-c5cccc(Oc6cccc(N(c7ccccc7)c7ccccc7)c6)c5)ccn4)c3)c2)C1. The second kappa shape index (κ2) is 14.4. The second-order valence-electron chi connectivity index (χ2n) is 12.4. The summed E-state index contributed by atoms with van der Waals surface area (Å²) in [5.41, 5.74) is 8.15. The van der Waals surface area contributed by atoms with Gasteiger partial charge in [-0.15, -0.1) is 0 Å². The average Bonchev–Trinajstić information content (AvgIpc) is 3.63. The van der Waals surface area contributed by atoms with Crippen molar-refractivity contribution >= 4 is 22.7 Å². The number of ether oxygens (including phenoxy) is 2. The summed E-state index contributed by atoms with van der Waals surface area (Å²) in [6.45, 7) is 0.811. The van der Waals surface area contributed by atoms with Gasteiger partial charge in [0.05, 0.1) is 12.4 Å². The van der Waals surface area contributed by atoms with Crippen molar-refractivity contribution in [1.82, 2.24) is 9.88 Å². The number of nitrogens with zero attached hydrogens (tertiary/aromatic N) is 4. The van der Waals surface area contributed by atoms with Crippen LogP contribution >= 0.6 is 0 Å². The third-order valence-electron chi connectivity index (χ3n) is 8.66. The van der Waals surface area contributed by atoms with Gasteiger partial charge in [-0.25, -0.2) is 0 Å². The van der Waals surface area contributed by atoms with Gasteiger partial charge in [-0.2, -0.15) is 0 Å². The molecule has 6 heteroatoms. The van der Waals surface area contributed by atoms with E-state index in [0.717, 1.165) is 74.8 Å². The topological polar surface area (TPSA) is 41.1 Å². The predicted molar refractivity (Wildman–Crippen MR) is 207 cm³/mol. The van der Waals surface area contributed by atoms with Crippen molar-refractivity contribution in [3.8, 4) is 45.4 Å². The number of rotatable bonds is 10. The van der Waals surface area contributed by atoms with Crippen LogP contribution in [0.1, 0.15) is 0 Å². The van der Waals surface area contributed by atoms with Crippen molar-refractivity contribution in [2.24, 2.45) is 0 Å². The van der Waals surface area contributed by atoms with Gasteiger partial charge in [0.15, 0.2) is 0 Å². The summed E-state index contributed by atoms with van der Waals surface area (Å²) >= 11 is 0. The van der Waals surface area contributed by atoms with Crippen LogP contribution in [0.3, 0.4) is 0 Å². The van der Waals surface area contributed by atoms with Crippen molar-refractivity contribution in [1.29, 1.82) is 0 Å². The first-order valence-electron chi connectivity index (χ1n) is 16.9. The highest BCUT2D eigenvalue weighted by atomic mass is 16.5. The molecule has 0 spiro atoms. The minimum atomic E-state index is 0.752. The molecule has 0 amide bonds. The van der Waals surface area contributed by atoms with Crippen LogP contribution < -0.4 is 19.3 Å². The lowest BCUT2D eigenvalue weighted by atomic mass is 10.0. The molecule has 0 aliphatic carbocycles. The van der Waals surface area contributed by atoms with Crippen molar-refractivity contribution in [2.75, 3.05) is 23.5 Å². The molecule has 1 aromatic heterocycles. The van der Waals surface area contributed by atoms with Crippen LogP contribution in [0.4, 0.5) is 22.7 Å². The molecule has 0 bridgehead atoms. The molecule has 6 nitrogen and oxygen atoms in total. The molecule has 248 valence electrons. The molecule has 8 rings (SSSR count). The van der Waals surface area contributed by atoms with Crippen molar-refractivity contribution in [3.63, 3.8) is 0 Å². The van der Waals surface area contributed by atoms with Gasteiger partial charge < -0.3 is 24.2 Å². The molecule has 7 aromatic rings. The van der Waals surface area contributed by atoms with E-state index in [0.29, 0.717) is 0 Å². The first-order valence-corrected chi connectivity index (χ1v) is 16.9. The summed E-state index contributed by atoms with van der Waals surface area (Å²) in [4.78, 5) is 11.3. The van der Waals surface area contributed by atoms with Crippen LogP contribution in [0.2, 0.25) is 0 Å². The van der Waals surface area contributed by atoms with E-state index < -0.39 is 0 Å². The zero-order valence-electron chi connectivity index (χ0n) is 28.2. The van der Waals surface area contributed by atoms with Crippen molar-refractivity contribution in [2.45, 2.75) is 0 Å². The molecule has 1 aliphatic rings. The molecular weight excluding hydrogens is 629 g/mol. The molecule has 0 saturated heterocycles. The fraction of sp³-hybridized carbons (Fsp3) is 0.0444. The van der Waals surface area contributed by atoms with E-state index in [4.69, 9.17) is 14.5 Å². The van der Waals surface area contributed by atoms with Gasteiger partial charge in [0.25, 0.3) is 0 Å². The van der Waals surface area contributed by atoms with Gasteiger partial charge in [-0.1, -0.05) is 72.8 Å². The number of hydrogen-bond acceptors (Lipinski definition) is 6. The molecular formula is C45H36N4O2. The Morgan fingerprint density at radius 1 is 0.490 bits per heavy atom. The van der Waals surface area contributed by atoms with Crippen LogP contribution in [0, 0.1) is 0 Å². The highest BCUT2D eigenvalue weighted by Gasteiger charge is 2.14. The minimum absolute atomic E-state index is 0.752. The largest absolute Gasteiger partial charge is 0.457 e. The van der Waals surface area contributed by atoms with Gasteiger partial charge in [0, 0.05) is 66.1 Å². The van der Waals surface area contributed by atoms with Crippen LogP contribution in [-0.2, 0) is 0 Å². The first kappa shape index (κ1) is 31.5. The smallest absolute Gasteiger partial charge is 0.129 e. The summed E-state index contributed by atoms with van der Waals surface area (Å²) < 4.78 is 12.8. The maximum atomic E-state index is 6.47. The van der Waals surface area contributed by atoms with Crippen molar-refractivity contribution in [3.05, 3.63) is 188 Å². The van der Waals surface area contributed by atoms with E-state index >= 15 is 0 Å². The highest BCUT2D eigenvalue weighted by molar-refractivity contribution is 5.77. The van der Waals surface area contributed by atoms with Crippen LogP contribution in [0.25, 0.3) is 22.4 Å². The van der Waals surface area contributed by atoms with Gasteiger partial charge >= 0.3 is 0 Å². The van der Waals surface area contributed by atoms with E-state index in [1.54, 1.807) is 0 Å². The molecule has 51 heavy (non-hydrogen) atoms. The Kier molecular flexibility index (Phi) is 8.87. The molecule has 0 N–H and O–H groups in total. The third kappa shape index (κ3) is 7.31. The number of hydrogen-bond donors (Lipinski definition) is 0. The monoisotopic (exact) mass is 664 g/mol. The number of anilines is 4. The summed E-state index contributed by atoms with van der Waals surface area (Å²) in [6, 6.07) is 57.4. The molecule has 0 saturated carbocycles. The minimum Gasteiger partial charge on any atom is -0.457 e. The fourth-order valence-electron chi connectivity index (χ4n) is 6.21. The highest BCUT2D eigenvalue weighted by Crippen LogP contribution is 2.37. The normalized spacial score (nSPS) is 12.2. The maximum absolute atomic E-state index is 6.47. The summed E-state index contributed by atoms with van der Waals surface area (Å²) in [7, 11) is 2.06. The maximum Gasteiger partial charge on any atom is 0.129 e. The third-order valence-corrected chi connectivity index (χ3v) is 8.66.